The van der Waals surface area contributed by atoms with Crippen molar-refractivity contribution in [3.63, 3.8) is 0 Å². The molecule has 1 amide bonds. The van der Waals surface area contributed by atoms with Gasteiger partial charge in [-0.05, 0) is 40.2 Å². The van der Waals surface area contributed by atoms with Crippen LogP contribution in [0, 0.1) is 20.8 Å². The molecule has 32 heavy (non-hydrogen) atoms. The van der Waals surface area contributed by atoms with Crippen LogP contribution in [0.3, 0.4) is 0 Å². The molecule has 12 heteroatoms. The average Bonchev–Trinajstić information content (AvgIpc) is 3.36. The molecular formula is C20H25ClN6O3S2. The molecule has 9 nitrogen and oxygen atoms in total. The second-order valence-electron chi connectivity index (χ2n) is 6.97. The highest BCUT2D eigenvalue weighted by molar-refractivity contribution is 7.99. The summed E-state index contributed by atoms with van der Waals surface area (Å²) in [6.07, 6.45) is 0. The Hall–Kier alpha value is -2.37. The number of carbonyl (C=O) groups excluding carboxylic acids is 2. The van der Waals surface area contributed by atoms with Crippen molar-refractivity contribution >= 4 is 51.6 Å². The first-order valence-corrected chi connectivity index (χ1v) is 12.2. The summed E-state index contributed by atoms with van der Waals surface area (Å²) in [6, 6.07) is 0. The number of aryl methyl sites for hydroxylation is 2. The van der Waals surface area contributed by atoms with Crippen LogP contribution in [0.15, 0.2) is 5.16 Å². The van der Waals surface area contributed by atoms with Crippen molar-refractivity contribution in [2.24, 2.45) is 7.05 Å². The zero-order chi connectivity index (χ0) is 23.6. The zero-order valence-electron chi connectivity index (χ0n) is 18.8. The van der Waals surface area contributed by atoms with Crippen LogP contribution < -0.4 is 5.32 Å². The van der Waals surface area contributed by atoms with Gasteiger partial charge in [0.15, 0.2) is 11.0 Å². The van der Waals surface area contributed by atoms with Gasteiger partial charge in [-0.25, -0.2) is 4.79 Å². The summed E-state index contributed by atoms with van der Waals surface area (Å²) in [5, 5.41) is 17.4. The lowest BCUT2D eigenvalue weighted by Crippen LogP contribution is -2.17. The van der Waals surface area contributed by atoms with Crippen molar-refractivity contribution in [1.29, 1.82) is 0 Å². The van der Waals surface area contributed by atoms with Gasteiger partial charge in [0.2, 0.25) is 5.91 Å². The highest BCUT2D eigenvalue weighted by Gasteiger charge is 2.24. The van der Waals surface area contributed by atoms with Crippen molar-refractivity contribution in [3.8, 4) is 11.5 Å². The molecule has 0 unspecified atom stereocenters. The van der Waals surface area contributed by atoms with Crippen molar-refractivity contribution in [3.05, 3.63) is 26.7 Å². The van der Waals surface area contributed by atoms with Crippen LogP contribution in [-0.4, -0.2) is 48.8 Å². The van der Waals surface area contributed by atoms with Gasteiger partial charge in [-0.3, -0.25) is 9.48 Å². The van der Waals surface area contributed by atoms with Gasteiger partial charge in [-0.2, -0.15) is 5.10 Å². The maximum absolute atomic E-state index is 12.6. The normalized spacial score (nSPS) is 11.1. The van der Waals surface area contributed by atoms with Gasteiger partial charge < -0.3 is 14.6 Å². The van der Waals surface area contributed by atoms with Gasteiger partial charge in [0, 0.05) is 18.5 Å². The number of hydrogen-bond donors (Lipinski definition) is 1. The Kier molecular flexibility index (Phi) is 7.63. The zero-order valence-corrected chi connectivity index (χ0v) is 21.2. The molecule has 1 N–H and O–H groups in total. The number of thioether (sulfide) groups is 1. The van der Waals surface area contributed by atoms with E-state index in [1.807, 2.05) is 39.3 Å². The van der Waals surface area contributed by atoms with E-state index in [0.717, 1.165) is 16.1 Å². The molecule has 0 saturated carbocycles. The van der Waals surface area contributed by atoms with Gasteiger partial charge in [-0.1, -0.05) is 23.4 Å². The fraction of sp³-hybridized carbons (Fsp3) is 0.450. The van der Waals surface area contributed by atoms with Gasteiger partial charge in [0.1, 0.15) is 10.7 Å². The quantitative estimate of drug-likeness (QED) is 0.367. The van der Waals surface area contributed by atoms with Crippen LogP contribution in [0.1, 0.15) is 40.3 Å². The highest BCUT2D eigenvalue weighted by Crippen LogP contribution is 2.34. The first-order valence-electron chi connectivity index (χ1n) is 10.0. The molecule has 0 fully saturated rings. The number of carbonyl (C=O) groups is 2. The number of ether oxygens (including phenoxy) is 1. The van der Waals surface area contributed by atoms with Gasteiger partial charge in [0.05, 0.1) is 28.6 Å². The lowest BCUT2D eigenvalue weighted by molar-refractivity contribution is -0.113. The predicted octanol–water partition coefficient (Wildman–Crippen LogP) is 4.25. The van der Waals surface area contributed by atoms with Gasteiger partial charge in [0.25, 0.3) is 0 Å². The van der Waals surface area contributed by atoms with Crippen molar-refractivity contribution in [2.75, 3.05) is 17.7 Å². The molecule has 0 bridgehead atoms. The smallest absolute Gasteiger partial charge is 0.341 e. The monoisotopic (exact) mass is 496 g/mol. The topological polar surface area (TPSA) is 104 Å². The number of nitrogens with one attached hydrogen (secondary N) is 1. The fourth-order valence-electron chi connectivity index (χ4n) is 3.04. The molecule has 0 aliphatic rings. The lowest BCUT2D eigenvalue weighted by atomic mass is 10.1. The molecule has 0 saturated heterocycles. The Morgan fingerprint density at radius 3 is 2.53 bits per heavy atom. The summed E-state index contributed by atoms with van der Waals surface area (Å²) in [5.41, 5.74) is 2.61. The number of amides is 1. The molecule has 3 heterocycles. The molecule has 0 aliphatic carbocycles. The van der Waals surface area contributed by atoms with E-state index >= 15 is 0 Å². The molecule has 172 valence electrons. The van der Waals surface area contributed by atoms with E-state index in [-0.39, 0.29) is 18.3 Å². The Bertz CT molecular complexity index is 1170. The number of hydrogen-bond acceptors (Lipinski definition) is 8. The van der Waals surface area contributed by atoms with Gasteiger partial charge >= 0.3 is 5.97 Å². The summed E-state index contributed by atoms with van der Waals surface area (Å²) >= 11 is 9.02. The minimum absolute atomic E-state index is 0.103. The second kappa shape index (κ2) is 10.1. The largest absolute Gasteiger partial charge is 0.462 e. The molecule has 3 aromatic heterocycles. The predicted molar refractivity (Wildman–Crippen MR) is 127 cm³/mol. The fourth-order valence-corrected chi connectivity index (χ4v) is 5.15. The SMILES string of the molecule is CCOC(=O)c1c(NC(=O)CSc2nnc(-c3nn(C)c(C)c3Cl)n2CC)sc(C)c1C. The van der Waals surface area contributed by atoms with E-state index in [9.17, 15) is 9.59 Å². The van der Waals surface area contributed by atoms with Crippen molar-refractivity contribution < 1.29 is 14.3 Å². The molecular weight excluding hydrogens is 472 g/mol. The Morgan fingerprint density at radius 1 is 1.22 bits per heavy atom. The number of esters is 1. The maximum Gasteiger partial charge on any atom is 0.341 e. The molecule has 0 radical (unpaired) electrons. The van der Waals surface area contributed by atoms with Crippen LogP contribution in [-0.2, 0) is 23.1 Å². The molecule has 3 aromatic rings. The summed E-state index contributed by atoms with van der Waals surface area (Å²) in [6.45, 7) is 10.2. The molecule has 0 atom stereocenters. The first-order chi connectivity index (χ1) is 15.2. The van der Waals surface area contributed by atoms with E-state index in [1.165, 1.54) is 23.1 Å². The maximum atomic E-state index is 12.6. The summed E-state index contributed by atoms with van der Waals surface area (Å²) < 4.78 is 8.70. The Balaban J connectivity index is 1.75. The Labute approximate surface area is 199 Å². The first kappa shape index (κ1) is 24.3. The molecule has 0 aromatic carbocycles. The van der Waals surface area contributed by atoms with Gasteiger partial charge in [-0.15, -0.1) is 21.5 Å². The van der Waals surface area contributed by atoms with E-state index in [0.29, 0.717) is 38.8 Å². The number of thiophene rings is 1. The molecule has 0 aliphatic heterocycles. The lowest BCUT2D eigenvalue weighted by Gasteiger charge is -2.08. The van der Waals surface area contributed by atoms with Crippen LogP contribution >= 0.6 is 34.7 Å². The third kappa shape index (κ3) is 4.69. The standard InChI is InChI=1S/C20H25ClN6O3S2/c1-7-27-17(16-15(21)11(4)26(6)25-16)23-24-20(27)31-9-13(28)22-18-14(19(29)30-8-2)10(3)12(5)32-18/h7-9H2,1-6H3,(H,22,28). The number of aromatic nitrogens is 5. The molecule has 3 rings (SSSR count). The number of nitrogens with zero attached hydrogens (tertiary/aromatic N) is 5. The van der Waals surface area contributed by atoms with E-state index in [4.69, 9.17) is 16.3 Å². The number of anilines is 1. The highest BCUT2D eigenvalue weighted by atomic mass is 35.5. The summed E-state index contributed by atoms with van der Waals surface area (Å²) in [4.78, 5) is 25.9. The minimum atomic E-state index is -0.435. The summed E-state index contributed by atoms with van der Waals surface area (Å²) in [5.74, 6) is -0.0279. The third-order valence-electron chi connectivity index (χ3n) is 4.96. The average molecular weight is 497 g/mol. The minimum Gasteiger partial charge on any atom is -0.462 e. The molecule has 0 spiro atoms. The van der Waals surface area contributed by atoms with Crippen LogP contribution in [0.25, 0.3) is 11.5 Å². The number of rotatable bonds is 8. The van der Waals surface area contributed by atoms with E-state index < -0.39 is 5.97 Å². The second-order valence-corrected chi connectivity index (χ2v) is 9.51. The van der Waals surface area contributed by atoms with Crippen LogP contribution in [0.5, 0.6) is 0 Å². The third-order valence-corrected chi connectivity index (χ3v) is 7.50. The Morgan fingerprint density at radius 2 is 1.94 bits per heavy atom. The summed E-state index contributed by atoms with van der Waals surface area (Å²) in [7, 11) is 1.82. The number of halogens is 1. The van der Waals surface area contributed by atoms with Crippen molar-refractivity contribution in [1.82, 2.24) is 24.5 Å². The van der Waals surface area contributed by atoms with Crippen molar-refractivity contribution in [2.45, 2.75) is 46.3 Å². The van der Waals surface area contributed by atoms with Crippen LogP contribution in [0.2, 0.25) is 5.02 Å². The van der Waals surface area contributed by atoms with E-state index in [1.54, 1.807) is 11.6 Å². The van der Waals surface area contributed by atoms with E-state index in [2.05, 4.69) is 20.6 Å². The van der Waals surface area contributed by atoms with Crippen LogP contribution in [0.4, 0.5) is 5.00 Å².